The van der Waals surface area contributed by atoms with E-state index in [0.717, 1.165) is 36.1 Å². The Morgan fingerprint density at radius 2 is 1.66 bits per heavy atom. The lowest BCUT2D eigenvalue weighted by Crippen LogP contribution is -2.43. The van der Waals surface area contributed by atoms with Gasteiger partial charge in [0.2, 0.25) is 5.91 Å². The molecular formula is C19H15F6N5O2. The van der Waals surface area contributed by atoms with Gasteiger partial charge in [-0.2, -0.15) is 26.3 Å². The number of alkyl halides is 6. The van der Waals surface area contributed by atoms with Crippen molar-refractivity contribution >= 4 is 18.0 Å². The maximum atomic E-state index is 13.0. The SMILES string of the molecule is O=C(/C=C\n1cnc(-c2cc(C(F)(F)F)cc(C(F)(F)F)c2)n1)N1CCC(=O)N1C1CC1. The second-order valence-electron chi connectivity index (χ2n) is 7.34. The average Bonchev–Trinajstić information content (AvgIpc) is 3.29. The van der Waals surface area contributed by atoms with Crippen LogP contribution in [0.2, 0.25) is 0 Å². The van der Waals surface area contributed by atoms with E-state index in [0.29, 0.717) is 12.1 Å². The van der Waals surface area contributed by atoms with Crippen LogP contribution in [0.4, 0.5) is 26.3 Å². The second-order valence-corrected chi connectivity index (χ2v) is 7.34. The van der Waals surface area contributed by atoms with Gasteiger partial charge in [0.25, 0.3) is 5.91 Å². The van der Waals surface area contributed by atoms with Crippen molar-refractivity contribution in [2.75, 3.05) is 6.54 Å². The third kappa shape index (κ3) is 4.46. The normalized spacial score (nSPS) is 17.6. The number of carbonyl (C=O) groups excluding carboxylic acids is 2. The Bertz CT molecular complexity index is 1050. The zero-order chi connectivity index (χ0) is 23.3. The van der Waals surface area contributed by atoms with Crippen LogP contribution in [0.25, 0.3) is 17.6 Å². The maximum Gasteiger partial charge on any atom is 0.416 e. The number of hydrogen-bond donors (Lipinski definition) is 0. The lowest BCUT2D eigenvalue weighted by Gasteiger charge is -2.26. The molecule has 2 heterocycles. The molecule has 1 saturated heterocycles. The summed E-state index contributed by atoms with van der Waals surface area (Å²) in [5.41, 5.74) is -3.44. The van der Waals surface area contributed by atoms with E-state index < -0.39 is 35.0 Å². The molecule has 2 amide bonds. The lowest BCUT2D eigenvalue weighted by molar-refractivity contribution is -0.151. The summed E-state index contributed by atoms with van der Waals surface area (Å²) in [5, 5.41) is 6.56. The Morgan fingerprint density at radius 3 is 2.22 bits per heavy atom. The smallest absolute Gasteiger partial charge is 0.273 e. The van der Waals surface area contributed by atoms with E-state index in [4.69, 9.17) is 0 Å². The molecule has 0 atom stereocenters. The molecule has 2 aromatic rings. The zero-order valence-corrected chi connectivity index (χ0v) is 16.2. The first-order valence-electron chi connectivity index (χ1n) is 9.46. The summed E-state index contributed by atoms with van der Waals surface area (Å²) in [4.78, 5) is 28.1. The van der Waals surface area contributed by atoms with Crippen LogP contribution in [0, 0.1) is 0 Å². The fraction of sp³-hybridized carbons (Fsp3) is 0.368. The maximum absolute atomic E-state index is 13.0. The Hall–Kier alpha value is -3.38. The van der Waals surface area contributed by atoms with Crippen molar-refractivity contribution in [1.29, 1.82) is 0 Å². The fourth-order valence-corrected chi connectivity index (χ4v) is 3.28. The standard InChI is InChI=1S/C19H15F6N5O2/c20-18(21,22)12-7-11(8-13(9-12)19(23,24)25)17-26-10-28(27-17)5-3-15(31)29-6-4-16(32)30(29)14-1-2-14/h3,5,7-10,14H,1-2,4,6H2/b5-3-. The molecule has 1 aromatic heterocycles. The molecular weight excluding hydrogens is 444 g/mol. The van der Waals surface area contributed by atoms with Gasteiger partial charge in [0, 0.05) is 24.3 Å². The van der Waals surface area contributed by atoms with Gasteiger partial charge in [0.1, 0.15) is 6.33 Å². The number of aromatic nitrogens is 3. The van der Waals surface area contributed by atoms with Crippen LogP contribution in [0.1, 0.15) is 30.4 Å². The third-order valence-corrected chi connectivity index (χ3v) is 4.92. The first-order valence-corrected chi connectivity index (χ1v) is 9.46. The molecule has 4 rings (SSSR count). The van der Waals surface area contributed by atoms with Crippen LogP contribution >= 0.6 is 0 Å². The second kappa shape index (κ2) is 7.64. The van der Waals surface area contributed by atoms with Gasteiger partial charge in [-0.05, 0) is 31.0 Å². The molecule has 1 saturated carbocycles. The van der Waals surface area contributed by atoms with E-state index in [1.165, 1.54) is 10.0 Å². The zero-order valence-electron chi connectivity index (χ0n) is 16.2. The van der Waals surface area contributed by atoms with Crippen molar-refractivity contribution in [2.24, 2.45) is 0 Å². The number of nitrogens with zero attached hydrogens (tertiary/aromatic N) is 5. The minimum atomic E-state index is -4.99. The molecule has 170 valence electrons. The number of amides is 2. The Labute approximate surface area is 176 Å². The number of hydrogen-bond acceptors (Lipinski definition) is 4. The van der Waals surface area contributed by atoms with Crippen LogP contribution < -0.4 is 0 Å². The Balaban J connectivity index is 1.56. The molecule has 0 bridgehead atoms. The van der Waals surface area contributed by atoms with Crippen molar-refractivity contribution in [3.63, 3.8) is 0 Å². The molecule has 0 radical (unpaired) electrons. The van der Waals surface area contributed by atoms with E-state index in [-0.39, 0.29) is 36.8 Å². The predicted molar refractivity (Wildman–Crippen MR) is 97.0 cm³/mol. The van der Waals surface area contributed by atoms with Gasteiger partial charge < -0.3 is 0 Å². The van der Waals surface area contributed by atoms with Gasteiger partial charge in [-0.25, -0.2) is 19.7 Å². The van der Waals surface area contributed by atoms with E-state index in [1.54, 1.807) is 0 Å². The van der Waals surface area contributed by atoms with Gasteiger partial charge in [-0.3, -0.25) is 9.59 Å². The van der Waals surface area contributed by atoms with E-state index in [9.17, 15) is 35.9 Å². The number of benzene rings is 1. The minimum absolute atomic E-state index is 0.00376. The van der Waals surface area contributed by atoms with Crippen LogP contribution in [0.3, 0.4) is 0 Å². The first kappa shape index (κ1) is 21.8. The molecule has 1 aliphatic carbocycles. The summed E-state index contributed by atoms with van der Waals surface area (Å²) < 4.78 is 79.2. The molecule has 7 nitrogen and oxygen atoms in total. The van der Waals surface area contributed by atoms with Crippen LogP contribution in [0.5, 0.6) is 0 Å². The van der Waals surface area contributed by atoms with Gasteiger partial charge in [0.05, 0.1) is 23.7 Å². The highest BCUT2D eigenvalue weighted by atomic mass is 19.4. The number of hydrazine groups is 1. The predicted octanol–water partition coefficient (Wildman–Crippen LogP) is 3.59. The quantitative estimate of drug-likeness (QED) is 0.518. The molecule has 32 heavy (non-hydrogen) atoms. The summed E-state index contributed by atoms with van der Waals surface area (Å²) in [6.07, 6.45) is -4.87. The largest absolute Gasteiger partial charge is 0.416 e. The molecule has 1 aromatic carbocycles. The Kier molecular flexibility index (Phi) is 5.21. The highest BCUT2D eigenvalue weighted by Gasteiger charge is 2.42. The highest BCUT2D eigenvalue weighted by molar-refractivity contribution is 5.93. The van der Waals surface area contributed by atoms with Crippen molar-refractivity contribution in [2.45, 2.75) is 37.7 Å². The van der Waals surface area contributed by atoms with Crippen LogP contribution in [0.15, 0.2) is 30.6 Å². The fourth-order valence-electron chi connectivity index (χ4n) is 3.28. The van der Waals surface area contributed by atoms with Crippen molar-refractivity contribution < 1.29 is 35.9 Å². The number of carbonyl (C=O) groups is 2. The molecule has 2 fully saturated rings. The van der Waals surface area contributed by atoms with Gasteiger partial charge in [0.15, 0.2) is 5.82 Å². The summed E-state index contributed by atoms with van der Waals surface area (Å²) >= 11 is 0. The molecule has 2 aliphatic rings. The minimum Gasteiger partial charge on any atom is -0.273 e. The highest BCUT2D eigenvalue weighted by Crippen LogP contribution is 2.38. The Morgan fingerprint density at radius 1 is 1.03 bits per heavy atom. The van der Waals surface area contributed by atoms with Gasteiger partial charge in [-0.1, -0.05) is 0 Å². The van der Waals surface area contributed by atoms with Crippen LogP contribution in [-0.4, -0.2) is 49.2 Å². The van der Waals surface area contributed by atoms with E-state index in [2.05, 4.69) is 10.1 Å². The van der Waals surface area contributed by atoms with E-state index >= 15 is 0 Å². The summed E-state index contributed by atoms with van der Waals surface area (Å²) in [5.74, 6) is -1.03. The van der Waals surface area contributed by atoms with Crippen molar-refractivity contribution in [3.8, 4) is 11.4 Å². The summed E-state index contributed by atoms with van der Waals surface area (Å²) in [6.45, 7) is 0.228. The molecule has 0 spiro atoms. The van der Waals surface area contributed by atoms with Crippen molar-refractivity contribution in [1.82, 2.24) is 24.8 Å². The molecule has 0 N–H and O–H groups in total. The average molecular weight is 459 g/mol. The molecule has 13 heteroatoms. The number of halogens is 6. The summed E-state index contributed by atoms with van der Waals surface area (Å²) in [6, 6.07) is 1.06. The monoisotopic (exact) mass is 459 g/mol. The van der Waals surface area contributed by atoms with Gasteiger partial charge >= 0.3 is 12.4 Å². The first-order chi connectivity index (χ1) is 14.9. The lowest BCUT2D eigenvalue weighted by atomic mass is 10.0. The summed E-state index contributed by atoms with van der Waals surface area (Å²) in [7, 11) is 0. The van der Waals surface area contributed by atoms with Crippen molar-refractivity contribution in [3.05, 3.63) is 41.7 Å². The molecule has 1 aliphatic heterocycles. The number of rotatable bonds is 4. The van der Waals surface area contributed by atoms with Crippen LogP contribution in [-0.2, 0) is 21.9 Å². The van der Waals surface area contributed by atoms with E-state index in [1.807, 2.05) is 0 Å². The van der Waals surface area contributed by atoms with Gasteiger partial charge in [-0.15, -0.1) is 5.10 Å². The topological polar surface area (TPSA) is 71.3 Å². The third-order valence-electron chi connectivity index (χ3n) is 4.92. The molecule has 0 unspecified atom stereocenters.